The van der Waals surface area contributed by atoms with E-state index < -0.39 is 16.1 Å². The molecule has 1 aliphatic rings. The fraction of sp³-hybridized carbons (Fsp3) is 0.318. The second-order valence-corrected chi connectivity index (χ2v) is 8.65. The van der Waals surface area contributed by atoms with Crippen LogP contribution >= 0.6 is 0 Å². The molecule has 0 spiro atoms. The van der Waals surface area contributed by atoms with Crippen molar-refractivity contribution < 1.29 is 13.2 Å². The van der Waals surface area contributed by atoms with E-state index in [4.69, 9.17) is 0 Å². The molecule has 5 heteroatoms. The van der Waals surface area contributed by atoms with Crippen molar-refractivity contribution in [3.05, 3.63) is 76.9 Å². The quantitative estimate of drug-likeness (QED) is 0.811. The predicted molar refractivity (Wildman–Crippen MR) is 107 cm³/mol. The van der Waals surface area contributed by atoms with Crippen molar-refractivity contribution in [1.82, 2.24) is 4.72 Å². The van der Waals surface area contributed by atoms with Crippen LogP contribution in [0.4, 0.5) is 0 Å². The number of rotatable bonds is 6. The number of hydrogen-bond donors (Lipinski definition) is 1. The number of nitrogens with one attached hydrogen (secondary N) is 1. The van der Waals surface area contributed by atoms with Crippen LogP contribution in [0, 0.1) is 6.92 Å². The maximum atomic E-state index is 13.0. The van der Waals surface area contributed by atoms with Crippen molar-refractivity contribution >= 4 is 15.8 Å². The summed E-state index contributed by atoms with van der Waals surface area (Å²) < 4.78 is 28.7. The Morgan fingerprint density at radius 2 is 1.70 bits per heavy atom. The number of benzene rings is 2. The van der Waals surface area contributed by atoms with Crippen LogP contribution in [0.25, 0.3) is 0 Å². The Bertz CT molecular complexity index is 942. The number of Topliss-reactive ketones (excluding diaryl/α,β-unsaturated/α-hetero) is 1. The topological polar surface area (TPSA) is 63.2 Å². The summed E-state index contributed by atoms with van der Waals surface area (Å²) in [5.41, 5.74) is 3.49. The molecule has 27 heavy (non-hydrogen) atoms. The van der Waals surface area contributed by atoms with Gasteiger partial charge in [-0.2, -0.15) is 4.72 Å². The summed E-state index contributed by atoms with van der Waals surface area (Å²) in [6.45, 7) is 3.98. The molecule has 0 aromatic heterocycles. The summed E-state index contributed by atoms with van der Waals surface area (Å²) >= 11 is 0. The van der Waals surface area contributed by atoms with Gasteiger partial charge in [0.2, 0.25) is 10.0 Å². The Morgan fingerprint density at radius 3 is 2.30 bits per heavy atom. The fourth-order valence-corrected chi connectivity index (χ4v) is 4.46. The zero-order chi connectivity index (χ0) is 19.4. The summed E-state index contributed by atoms with van der Waals surface area (Å²) in [6.07, 6.45) is 4.84. The highest BCUT2D eigenvalue weighted by molar-refractivity contribution is 7.89. The average Bonchev–Trinajstić information content (AvgIpc) is 2.67. The molecule has 0 amide bonds. The van der Waals surface area contributed by atoms with Crippen LogP contribution in [0.3, 0.4) is 0 Å². The maximum Gasteiger partial charge on any atom is 0.241 e. The minimum absolute atomic E-state index is 0.0115. The monoisotopic (exact) mass is 383 g/mol. The van der Waals surface area contributed by atoms with Gasteiger partial charge in [0.15, 0.2) is 5.78 Å². The number of ketones is 1. The van der Waals surface area contributed by atoms with Gasteiger partial charge in [-0.1, -0.05) is 55.0 Å². The molecule has 0 bridgehead atoms. The molecule has 0 radical (unpaired) electrons. The van der Waals surface area contributed by atoms with E-state index in [0.717, 1.165) is 30.4 Å². The van der Waals surface area contributed by atoms with Crippen molar-refractivity contribution in [1.29, 1.82) is 0 Å². The zero-order valence-electron chi connectivity index (χ0n) is 15.7. The van der Waals surface area contributed by atoms with Crippen molar-refractivity contribution in [2.75, 3.05) is 0 Å². The Labute approximate surface area is 161 Å². The van der Waals surface area contributed by atoms with E-state index in [2.05, 4.69) is 11.6 Å². The summed E-state index contributed by atoms with van der Waals surface area (Å²) in [6, 6.07) is 13.8. The van der Waals surface area contributed by atoms with E-state index in [1.165, 1.54) is 5.56 Å². The molecule has 4 nitrogen and oxygen atoms in total. The molecule has 0 fully saturated rings. The molecule has 0 saturated heterocycles. The lowest BCUT2D eigenvalue weighted by atomic mass is 9.89. The SMILES string of the molecule is CCc1ccc(C(NS(=O)(=O)c2ccc(C)cc2)C2=CCCCC2=O)cc1. The van der Waals surface area contributed by atoms with E-state index in [-0.39, 0.29) is 10.7 Å². The first-order valence-corrected chi connectivity index (χ1v) is 10.8. The van der Waals surface area contributed by atoms with Gasteiger partial charge in [-0.3, -0.25) is 4.79 Å². The molecule has 142 valence electrons. The van der Waals surface area contributed by atoms with E-state index in [9.17, 15) is 13.2 Å². The van der Waals surface area contributed by atoms with Gasteiger partial charge in [0.05, 0.1) is 10.9 Å². The number of aryl methyl sites for hydroxylation is 2. The molecule has 1 unspecified atom stereocenters. The number of carbonyl (C=O) groups excluding carboxylic acids is 1. The van der Waals surface area contributed by atoms with Crippen molar-refractivity contribution in [2.45, 2.75) is 50.5 Å². The lowest BCUT2D eigenvalue weighted by Gasteiger charge is -2.24. The van der Waals surface area contributed by atoms with E-state index in [1.54, 1.807) is 24.3 Å². The van der Waals surface area contributed by atoms with Crippen LogP contribution in [0.1, 0.15) is 48.9 Å². The number of sulfonamides is 1. The van der Waals surface area contributed by atoms with Gasteiger partial charge in [-0.05, 0) is 49.4 Å². The second kappa shape index (κ2) is 8.19. The molecule has 0 saturated carbocycles. The third-order valence-corrected chi connectivity index (χ3v) is 6.37. The predicted octanol–water partition coefficient (Wildman–Crippen LogP) is 4.26. The number of carbonyl (C=O) groups is 1. The van der Waals surface area contributed by atoms with Crippen molar-refractivity contribution in [3.8, 4) is 0 Å². The molecular formula is C22H25NO3S. The molecule has 2 aromatic rings. The van der Waals surface area contributed by atoms with Crippen LogP contribution in [-0.2, 0) is 21.2 Å². The Hall–Kier alpha value is -2.24. The highest BCUT2D eigenvalue weighted by Crippen LogP contribution is 2.30. The first-order valence-electron chi connectivity index (χ1n) is 9.32. The molecular weight excluding hydrogens is 358 g/mol. The minimum Gasteiger partial charge on any atom is -0.294 e. The zero-order valence-corrected chi connectivity index (χ0v) is 16.6. The highest BCUT2D eigenvalue weighted by Gasteiger charge is 2.29. The van der Waals surface area contributed by atoms with E-state index >= 15 is 0 Å². The van der Waals surface area contributed by atoms with E-state index in [1.807, 2.05) is 37.3 Å². The van der Waals surface area contributed by atoms with Gasteiger partial charge >= 0.3 is 0 Å². The minimum atomic E-state index is -3.76. The summed E-state index contributed by atoms with van der Waals surface area (Å²) in [4.78, 5) is 12.7. The summed E-state index contributed by atoms with van der Waals surface area (Å²) in [5.74, 6) is 0.0115. The standard InChI is InChI=1S/C22H25NO3S/c1-3-17-10-12-18(13-11-17)22(20-6-4-5-7-21(20)24)23-27(25,26)19-14-8-16(2)9-15-19/h6,8-15,22-23H,3-5,7H2,1-2H3. The normalized spacial score (nSPS) is 16.1. The number of allylic oxidation sites excluding steroid dienone is 1. The maximum absolute atomic E-state index is 13.0. The summed E-state index contributed by atoms with van der Waals surface area (Å²) in [5, 5.41) is 0. The second-order valence-electron chi connectivity index (χ2n) is 6.94. The Morgan fingerprint density at radius 1 is 1.04 bits per heavy atom. The Balaban J connectivity index is 1.99. The third kappa shape index (κ3) is 4.54. The van der Waals surface area contributed by atoms with Crippen LogP contribution in [-0.4, -0.2) is 14.2 Å². The summed E-state index contributed by atoms with van der Waals surface area (Å²) in [7, 11) is -3.76. The van der Waals surface area contributed by atoms with Gasteiger partial charge in [-0.15, -0.1) is 0 Å². The van der Waals surface area contributed by atoms with Crippen LogP contribution in [0.2, 0.25) is 0 Å². The first kappa shape index (κ1) is 19.5. The molecule has 2 aromatic carbocycles. The lowest BCUT2D eigenvalue weighted by molar-refractivity contribution is -0.116. The Kier molecular flexibility index (Phi) is 5.92. The molecule has 1 N–H and O–H groups in total. The van der Waals surface area contributed by atoms with Gasteiger partial charge in [0, 0.05) is 12.0 Å². The van der Waals surface area contributed by atoms with Gasteiger partial charge in [0.25, 0.3) is 0 Å². The van der Waals surface area contributed by atoms with Crippen molar-refractivity contribution in [3.63, 3.8) is 0 Å². The van der Waals surface area contributed by atoms with Crippen LogP contribution in [0.15, 0.2) is 65.1 Å². The average molecular weight is 384 g/mol. The van der Waals surface area contributed by atoms with Gasteiger partial charge in [0.1, 0.15) is 0 Å². The van der Waals surface area contributed by atoms with Gasteiger partial charge < -0.3 is 0 Å². The third-order valence-electron chi connectivity index (χ3n) is 4.93. The smallest absolute Gasteiger partial charge is 0.241 e. The molecule has 0 heterocycles. The molecule has 0 aliphatic heterocycles. The highest BCUT2D eigenvalue weighted by atomic mass is 32.2. The van der Waals surface area contributed by atoms with Crippen LogP contribution < -0.4 is 4.72 Å². The molecule has 3 rings (SSSR count). The van der Waals surface area contributed by atoms with Crippen LogP contribution in [0.5, 0.6) is 0 Å². The lowest BCUT2D eigenvalue weighted by Crippen LogP contribution is -2.32. The fourth-order valence-electron chi connectivity index (χ4n) is 3.25. The molecule has 1 aliphatic carbocycles. The molecule has 1 atom stereocenters. The van der Waals surface area contributed by atoms with E-state index in [0.29, 0.717) is 12.0 Å². The number of hydrogen-bond acceptors (Lipinski definition) is 3. The van der Waals surface area contributed by atoms with Gasteiger partial charge in [-0.25, -0.2) is 8.42 Å². The largest absolute Gasteiger partial charge is 0.294 e. The first-order chi connectivity index (χ1) is 12.9. The van der Waals surface area contributed by atoms with Crippen molar-refractivity contribution in [2.24, 2.45) is 0 Å².